The minimum absolute atomic E-state index is 0.188. The number of anilines is 1. The maximum absolute atomic E-state index is 12.1. The first kappa shape index (κ1) is 16.3. The Morgan fingerprint density at radius 3 is 2.40 bits per heavy atom. The number of rotatable bonds is 5. The van der Waals surface area contributed by atoms with E-state index in [0.29, 0.717) is 5.56 Å². The number of H-pyrrole nitrogens is 1. The number of benzene rings is 2. The number of aromatic amines is 1. The van der Waals surface area contributed by atoms with Gasteiger partial charge in [-0.1, -0.05) is 66.7 Å². The summed E-state index contributed by atoms with van der Waals surface area (Å²) in [6.45, 7) is 1.94. The number of nitrogens with zero attached hydrogens (tertiary/aromatic N) is 3. The largest absolute Gasteiger partial charge is 0.288 e. The molecule has 0 amide bonds. The third-order valence-corrected chi connectivity index (χ3v) is 3.38. The fraction of sp³-hybridized carbons (Fsp3) is 0.0526. The van der Waals surface area contributed by atoms with E-state index >= 15 is 0 Å². The first-order valence-electron chi connectivity index (χ1n) is 7.77. The molecule has 124 valence electrons. The van der Waals surface area contributed by atoms with Gasteiger partial charge in [-0.15, -0.1) is 10.2 Å². The van der Waals surface area contributed by atoms with E-state index in [2.05, 4.69) is 25.7 Å². The summed E-state index contributed by atoms with van der Waals surface area (Å²) in [5, 5.41) is 12.0. The van der Waals surface area contributed by atoms with Gasteiger partial charge >= 0.3 is 0 Å². The quantitative estimate of drug-likeness (QED) is 0.555. The standard InChI is InChI=1S/C19H17N5O/c1-14(12-15-8-4-2-5-9-15)13-20-23-19-21-18(25)17(22-24-19)16-10-6-3-7-11-16/h2-13H,1H3,(H2,21,23,24,25)/b14-12?,20-13-. The van der Waals surface area contributed by atoms with Crippen LogP contribution in [0, 0.1) is 0 Å². The molecule has 0 bridgehead atoms. The van der Waals surface area contributed by atoms with Crippen LogP contribution in [0.5, 0.6) is 0 Å². The van der Waals surface area contributed by atoms with Crippen LogP contribution in [0.2, 0.25) is 0 Å². The number of hydrogen-bond donors (Lipinski definition) is 2. The van der Waals surface area contributed by atoms with E-state index in [1.807, 2.05) is 73.7 Å². The molecule has 3 rings (SSSR count). The van der Waals surface area contributed by atoms with Gasteiger partial charge in [0.25, 0.3) is 5.56 Å². The van der Waals surface area contributed by atoms with E-state index in [9.17, 15) is 4.79 Å². The van der Waals surface area contributed by atoms with Crippen LogP contribution in [0.4, 0.5) is 5.95 Å². The summed E-state index contributed by atoms with van der Waals surface area (Å²) in [6, 6.07) is 19.1. The Balaban J connectivity index is 1.69. The van der Waals surface area contributed by atoms with Crippen molar-refractivity contribution in [3.05, 3.63) is 82.2 Å². The molecule has 0 radical (unpaired) electrons. The van der Waals surface area contributed by atoms with Crippen LogP contribution in [-0.4, -0.2) is 21.4 Å². The maximum Gasteiger partial charge on any atom is 0.279 e. The molecule has 0 aliphatic carbocycles. The SMILES string of the molecule is CC(=Cc1ccccc1)/C=N\Nc1nnc(-c2ccccc2)c(=O)[nH]1. The third kappa shape index (κ3) is 4.48. The summed E-state index contributed by atoms with van der Waals surface area (Å²) in [5.74, 6) is 0.188. The molecule has 0 atom stereocenters. The van der Waals surface area contributed by atoms with Gasteiger partial charge in [0.15, 0.2) is 5.69 Å². The maximum atomic E-state index is 12.1. The molecule has 1 aromatic heterocycles. The fourth-order valence-corrected chi connectivity index (χ4v) is 2.22. The van der Waals surface area contributed by atoms with Crippen molar-refractivity contribution in [1.29, 1.82) is 0 Å². The molecule has 1 heterocycles. The molecule has 25 heavy (non-hydrogen) atoms. The second-order valence-electron chi connectivity index (χ2n) is 5.39. The van der Waals surface area contributed by atoms with Crippen LogP contribution < -0.4 is 11.0 Å². The molecule has 0 saturated heterocycles. The number of allylic oxidation sites excluding steroid dienone is 1. The Hall–Kier alpha value is -3.54. The number of nitrogens with one attached hydrogen (secondary N) is 2. The molecule has 2 aromatic carbocycles. The van der Waals surface area contributed by atoms with Crippen molar-refractivity contribution in [2.24, 2.45) is 5.10 Å². The lowest BCUT2D eigenvalue weighted by atomic mass is 10.1. The highest BCUT2D eigenvalue weighted by atomic mass is 16.1. The lowest BCUT2D eigenvalue weighted by Crippen LogP contribution is -2.15. The predicted octanol–water partition coefficient (Wildman–Crippen LogP) is 3.33. The Morgan fingerprint density at radius 1 is 1.04 bits per heavy atom. The van der Waals surface area contributed by atoms with Crippen molar-refractivity contribution in [2.75, 3.05) is 5.43 Å². The van der Waals surface area contributed by atoms with Crippen molar-refractivity contribution in [1.82, 2.24) is 15.2 Å². The summed E-state index contributed by atoms with van der Waals surface area (Å²) in [5.41, 5.74) is 5.39. The molecule has 0 unspecified atom stereocenters. The molecule has 3 aromatic rings. The van der Waals surface area contributed by atoms with Gasteiger partial charge in [0.2, 0.25) is 5.95 Å². The van der Waals surface area contributed by atoms with Crippen molar-refractivity contribution < 1.29 is 0 Å². The predicted molar refractivity (Wildman–Crippen MR) is 100 cm³/mol. The topological polar surface area (TPSA) is 83.0 Å². The lowest BCUT2D eigenvalue weighted by molar-refractivity contribution is 0.947. The zero-order valence-electron chi connectivity index (χ0n) is 13.7. The van der Waals surface area contributed by atoms with Crippen LogP contribution >= 0.6 is 0 Å². The summed E-state index contributed by atoms with van der Waals surface area (Å²) in [7, 11) is 0. The minimum atomic E-state index is -0.324. The number of aromatic nitrogens is 3. The second kappa shape index (κ2) is 7.83. The van der Waals surface area contributed by atoms with Gasteiger partial charge in [-0.3, -0.25) is 9.78 Å². The first-order chi connectivity index (χ1) is 12.2. The fourth-order valence-electron chi connectivity index (χ4n) is 2.22. The van der Waals surface area contributed by atoms with Crippen molar-refractivity contribution in [3.8, 4) is 11.3 Å². The normalized spacial score (nSPS) is 11.6. The first-order valence-corrected chi connectivity index (χ1v) is 7.77. The zero-order chi connectivity index (χ0) is 17.5. The smallest absolute Gasteiger partial charge is 0.279 e. The van der Waals surface area contributed by atoms with Crippen LogP contribution in [-0.2, 0) is 0 Å². The van der Waals surface area contributed by atoms with Crippen molar-refractivity contribution >= 4 is 18.2 Å². The van der Waals surface area contributed by atoms with Crippen molar-refractivity contribution in [3.63, 3.8) is 0 Å². The lowest BCUT2D eigenvalue weighted by Gasteiger charge is -2.01. The highest BCUT2D eigenvalue weighted by molar-refractivity contribution is 5.85. The van der Waals surface area contributed by atoms with E-state index in [-0.39, 0.29) is 17.2 Å². The molecule has 0 aliphatic rings. The van der Waals surface area contributed by atoms with Gasteiger partial charge in [-0.25, -0.2) is 5.43 Å². The van der Waals surface area contributed by atoms with Crippen LogP contribution in [0.1, 0.15) is 12.5 Å². The molecule has 6 heteroatoms. The van der Waals surface area contributed by atoms with Gasteiger partial charge in [0.05, 0.1) is 6.21 Å². The van der Waals surface area contributed by atoms with Gasteiger partial charge in [-0.2, -0.15) is 5.10 Å². The Morgan fingerprint density at radius 2 is 1.72 bits per heavy atom. The van der Waals surface area contributed by atoms with E-state index in [4.69, 9.17) is 0 Å². The monoisotopic (exact) mass is 331 g/mol. The summed E-state index contributed by atoms with van der Waals surface area (Å²) >= 11 is 0. The third-order valence-electron chi connectivity index (χ3n) is 3.38. The van der Waals surface area contributed by atoms with Crippen molar-refractivity contribution in [2.45, 2.75) is 6.92 Å². The molecule has 0 spiro atoms. The molecule has 0 aliphatic heterocycles. The number of hydrazone groups is 1. The number of hydrogen-bond acceptors (Lipinski definition) is 5. The summed E-state index contributed by atoms with van der Waals surface area (Å²) < 4.78 is 0. The summed E-state index contributed by atoms with van der Waals surface area (Å²) in [6.07, 6.45) is 3.65. The Bertz CT molecular complexity index is 946. The minimum Gasteiger partial charge on any atom is -0.288 e. The van der Waals surface area contributed by atoms with E-state index in [1.54, 1.807) is 6.21 Å². The summed E-state index contributed by atoms with van der Waals surface area (Å²) in [4.78, 5) is 14.7. The molecule has 6 nitrogen and oxygen atoms in total. The molecule has 0 saturated carbocycles. The molecule has 2 N–H and O–H groups in total. The van der Waals surface area contributed by atoms with Gasteiger partial charge in [0, 0.05) is 5.56 Å². The molecular formula is C19H17N5O. The van der Waals surface area contributed by atoms with Crippen LogP contribution in [0.3, 0.4) is 0 Å². The van der Waals surface area contributed by atoms with Gasteiger partial charge in [-0.05, 0) is 18.1 Å². The second-order valence-corrected chi connectivity index (χ2v) is 5.39. The van der Waals surface area contributed by atoms with E-state index in [1.165, 1.54) is 0 Å². The van der Waals surface area contributed by atoms with Crippen LogP contribution in [0.25, 0.3) is 17.3 Å². The van der Waals surface area contributed by atoms with Gasteiger partial charge in [0.1, 0.15) is 0 Å². The Kier molecular flexibility index (Phi) is 5.11. The molecule has 0 fully saturated rings. The van der Waals surface area contributed by atoms with E-state index in [0.717, 1.165) is 11.1 Å². The Labute approximate surface area is 145 Å². The average Bonchev–Trinajstić information content (AvgIpc) is 2.63. The highest BCUT2D eigenvalue weighted by Gasteiger charge is 2.06. The zero-order valence-corrected chi connectivity index (χ0v) is 13.7. The highest BCUT2D eigenvalue weighted by Crippen LogP contribution is 2.10. The van der Waals surface area contributed by atoms with Crippen LogP contribution in [0.15, 0.2) is 76.1 Å². The van der Waals surface area contributed by atoms with E-state index < -0.39 is 0 Å². The molecular weight excluding hydrogens is 314 g/mol. The van der Waals surface area contributed by atoms with Gasteiger partial charge < -0.3 is 0 Å². The average molecular weight is 331 g/mol.